The van der Waals surface area contributed by atoms with Crippen molar-refractivity contribution in [1.82, 2.24) is 0 Å². The van der Waals surface area contributed by atoms with Gasteiger partial charge in [0.15, 0.2) is 0 Å². The molecule has 0 aliphatic rings. The number of carbonyl (C=O) groups is 2. The van der Waals surface area contributed by atoms with Gasteiger partial charge in [0.05, 0.1) is 5.56 Å². The monoisotopic (exact) mass is 228 g/mol. The lowest BCUT2D eigenvalue weighted by Gasteiger charge is -2.02. The third kappa shape index (κ3) is 3.03. The van der Waals surface area contributed by atoms with Gasteiger partial charge in [-0.05, 0) is 13.0 Å². The minimum Gasteiger partial charge on any atom is -0.375 e. The molecule has 5 nitrogen and oxygen atoms in total. The van der Waals surface area contributed by atoms with Crippen LogP contribution in [0.4, 0.5) is 5.00 Å². The number of primary amides is 1. The Morgan fingerprint density at radius 2 is 2.27 bits per heavy atom. The Hall–Kier alpha value is -1.40. The summed E-state index contributed by atoms with van der Waals surface area (Å²) in [6.07, 6.45) is 0. The van der Waals surface area contributed by atoms with Crippen molar-refractivity contribution in [2.75, 3.05) is 19.0 Å². The Morgan fingerprint density at radius 3 is 2.80 bits per heavy atom. The van der Waals surface area contributed by atoms with E-state index in [2.05, 4.69) is 10.1 Å². The first kappa shape index (κ1) is 11.7. The third-order valence-electron chi connectivity index (χ3n) is 1.65. The largest absolute Gasteiger partial charge is 0.375 e. The molecule has 0 fully saturated rings. The van der Waals surface area contributed by atoms with E-state index in [0.717, 1.165) is 4.88 Å². The van der Waals surface area contributed by atoms with Crippen LogP contribution in [0.3, 0.4) is 0 Å². The lowest BCUT2D eigenvalue weighted by atomic mass is 10.3. The van der Waals surface area contributed by atoms with E-state index in [1.165, 1.54) is 18.4 Å². The summed E-state index contributed by atoms with van der Waals surface area (Å²) in [5.74, 6) is -0.853. The number of ether oxygens (including phenoxy) is 1. The summed E-state index contributed by atoms with van der Waals surface area (Å²) in [4.78, 5) is 23.1. The number of hydrogen-bond acceptors (Lipinski definition) is 4. The second kappa shape index (κ2) is 4.90. The predicted molar refractivity (Wildman–Crippen MR) is 58.1 cm³/mol. The van der Waals surface area contributed by atoms with Crippen molar-refractivity contribution in [3.63, 3.8) is 0 Å². The zero-order chi connectivity index (χ0) is 11.4. The molecule has 0 radical (unpaired) electrons. The number of nitrogens with two attached hydrogens (primary N) is 1. The van der Waals surface area contributed by atoms with Crippen LogP contribution in [0.1, 0.15) is 15.2 Å². The highest BCUT2D eigenvalue weighted by Gasteiger charge is 2.13. The first-order valence-electron chi connectivity index (χ1n) is 4.23. The van der Waals surface area contributed by atoms with Crippen molar-refractivity contribution < 1.29 is 14.3 Å². The molecule has 0 atom stereocenters. The molecule has 3 N–H and O–H groups in total. The number of amides is 2. The van der Waals surface area contributed by atoms with E-state index in [4.69, 9.17) is 5.73 Å². The molecular weight excluding hydrogens is 216 g/mol. The Bertz CT molecular complexity index is 387. The average Bonchev–Trinajstić information content (AvgIpc) is 2.47. The van der Waals surface area contributed by atoms with E-state index in [-0.39, 0.29) is 12.5 Å². The van der Waals surface area contributed by atoms with Crippen LogP contribution in [0.2, 0.25) is 0 Å². The van der Waals surface area contributed by atoms with Crippen LogP contribution in [-0.4, -0.2) is 25.5 Å². The maximum absolute atomic E-state index is 11.2. The summed E-state index contributed by atoms with van der Waals surface area (Å²) in [5.41, 5.74) is 5.50. The molecule has 0 saturated heterocycles. The van der Waals surface area contributed by atoms with E-state index in [1.54, 1.807) is 6.07 Å². The number of hydrogen-bond donors (Lipinski definition) is 2. The Morgan fingerprint density at radius 1 is 1.60 bits per heavy atom. The fourth-order valence-electron chi connectivity index (χ4n) is 1.08. The molecule has 1 aromatic rings. The van der Waals surface area contributed by atoms with Crippen LogP contribution in [0, 0.1) is 6.92 Å². The van der Waals surface area contributed by atoms with Gasteiger partial charge in [-0.2, -0.15) is 0 Å². The van der Waals surface area contributed by atoms with Gasteiger partial charge in [-0.3, -0.25) is 9.59 Å². The zero-order valence-electron chi connectivity index (χ0n) is 8.49. The van der Waals surface area contributed by atoms with Gasteiger partial charge in [-0.15, -0.1) is 11.3 Å². The van der Waals surface area contributed by atoms with Crippen molar-refractivity contribution in [1.29, 1.82) is 0 Å². The molecule has 0 aromatic carbocycles. The summed E-state index contributed by atoms with van der Waals surface area (Å²) in [6, 6.07) is 1.65. The summed E-state index contributed by atoms with van der Waals surface area (Å²) >= 11 is 1.31. The fourth-order valence-corrected chi connectivity index (χ4v) is 2.02. The fraction of sp³-hybridized carbons (Fsp3) is 0.333. The van der Waals surface area contributed by atoms with Crippen LogP contribution in [0.15, 0.2) is 6.07 Å². The summed E-state index contributed by atoms with van der Waals surface area (Å²) in [5, 5.41) is 3.04. The van der Waals surface area contributed by atoms with Gasteiger partial charge >= 0.3 is 0 Å². The van der Waals surface area contributed by atoms with Crippen molar-refractivity contribution >= 4 is 28.2 Å². The number of nitrogens with one attached hydrogen (secondary N) is 1. The number of carbonyl (C=O) groups excluding carboxylic acids is 2. The number of rotatable bonds is 4. The van der Waals surface area contributed by atoms with Crippen LogP contribution in [0.5, 0.6) is 0 Å². The minimum atomic E-state index is -0.549. The van der Waals surface area contributed by atoms with Gasteiger partial charge in [0, 0.05) is 12.0 Å². The SMILES string of the molecule is COCC(=O)Nc1sc(C)cc1C(N)=O. The molecule has 1 rings (SSSR count). The lowest BCUT2D eigenvalue weighted by molar-refractivity contribution is -0.119. The number of methoxy groups -OCH3 is 1. The zero-order valence-corrected chi connectivity index (χ0v) is 9.31. The van der Waals surface area contributed by atoms with Crippen molar-refractivity contribution in [2.45, 2.75) is 6.92 Å². The van der Waals surface area contributed by atoms with Gasteiger partial charge in [0.25, 0.3) is 11.8 Å². The Balaban J connectivity index is 2.84. The van der Waals surface area contributed by atoms with Crippen LogP contribution >= 0.6 is 11.3 Å². The molecule has 15 heavy (non-hydrogen) atoms. The van der Waals surface area contributed by atoms with Gasteiger partial charge in [0.1, 0.15) is 11.6 Å². The molecule has 0 unspecified atom stereocenters. The van der Waals surface area contributed by atoms with Gasteiger partial charge in [-0.1, -0.05) is 0 Å². The van der Waals surface area contributed by atoms with E-state index in [9.17, 15) is 9.59 Å². The summed E-state index contributed by atoms with van der Waals surface area (Å²) in [6.45, 7) is 1.79. The molecule has 0 bridgehead atoms. The predicted octanol–water partition coefficient (Wildman–Crippen LogP) is 0.740. The maximum atomic E-state index is 11.2. The minimum absolute atomic E-state index is 0.0465. The molecular formula is C9H12N2O3S. The van der Waals surface area contributed by atoms with Crippen LogP contribution < -0.4 is 11.1 Å². The molecule has 1 heterocycles. The highest BCUT2D eigenvalue weighted by Crippen LogP contribution is 2.26. The molecule has 0 spiro atoms. The summed E-state index contributed by atoms with van der Waals surface area (Å²) < 4.78 is 4.66. The maximum Gasteiger partial charge on any atom is 0.251 e. The Kier molecular flexibility index (Phi) is 3.81. The first-order chi connectivity index (χ1) is 7.04. The van der Waals surface area contributed by atoms with E-state index < -0.39 is 5.91 Å². The molecule has 0 saturated carbocycles. The highest BCUT2D eigenvalue weighted by molar-refractivity contribution is 7.16. The van der Waals surface area contributed by atoms with Gasteiger partial charge < -0.3 is 15.8 Å². The van der Waals surface area contributed by atoms with Gasteiger partial charge in [-0.25, -0.2) is 0 Å². The highest BCUT2D eigenvalue weighted by atomic mass is 32.1. The van der Waals surface area contributed by atoms with Crippen molar-refractivity contribution in [2.24, 2.45) is 5.73 Å². The number of anilines is 1. The Labute approximate surface area is 91.2 Å². The van der Waals surface area contributed by atoms with Crippen LogP contribution in [-0.2, 0) is 9.53 Å². The topological polar surface area (TPSA) is 81.4 Å². The molecule has 0 aliphatic heterocycles. The second-order valence-electron chi connectivity index (χ2n) is 2.95. The average molecular weight is 228 g/mol. The third-order valence-corrected chi connectivity index (χ3v) is 2.62. The van der Waals surface area contributed by atoms with E-state index in [1.807, 2.05) is 6.92 Å². The molecule has 0 aliphatic carbocycles. The smallest absolute Gasteiger partial charge is 0.251 e. The molecule has 6 heteroatoms. The quantitative estimate of drug-likeness (QED) is 0.797. The standard InChI is InChI=1S/C9H12N2O3S/c1-5-3-6(8(10)13)9(15-5)11-7(12)4-14-2/h3H,4H2,1-2H3,(H2,10,13)(H,11,12). The molecule has 2 amide bonds. The second-order valence-corrected chi connectivity index (χ2v) is 4.20. The van der Waals surface area contributed by atoms with Crippen LogP contribution in [0.25, 0.3) is 0 Å². The first-order valence-corrected chi connectivity index (χ1v) is 5.05. The lowest BCUT2D eigenvalue weighted by Crippen LogP contribution is -2.19. The number of aryl methyl sites for hydroxylation is 1. The van der Waals surface area contributed by atoms with E-state index >= 15 is 0 Å². The van der Waals surface area contributed by atoms with Crippen molar-refractivity contribution in [3.05, 3.63) is 16.5 Å². The molecule has 1 aromatic heterocycles. The van der Waals surface area contributed by atoms with Gasteiger partial charge in [0.2, 0.25) is 0 Å². The molecule has 82 valence electrons. The normalized spacial score (nSPS) is 10.0. The van der Waals surface area contributed by atoms with E-state index in [0.29, 0.717) is 10.6 Å². The summed E-state index contributed by atoms with van der Waals surface area (Å²) in [7, 11) is 1.42. The number of thiophene rings is 1. The van der Waals surface area contributed by atoms with Crippen molar-refractivity contribution in [3.8, 4) is 0 Å².